The first kappa shape index (κ1) is 8.67. The molecule has 1 saturated carbocycles. The van der Waals surface area contributed by atoms with Crippen LogP contribution in [0.3, 0.4) is 0 Å². The Labute approximate surface area is 79.4 Å². The van der Waals surface area contributed by atoms with Gasteiger partial charge in [0.25, 0.3) is 0 Å². The van der Waals surface area contributed by atoms with Crippen molar-refractivity contribution < 1.29 is 0 Å². The Hall–Kier alpha value is -0.920. The molecule has 13 heavy (non-hydrogen) atoms. The second-order valence-electron chi connectivity index (χ2n) is 4.14. The van der Waals surface area contributed by atoms with E-state index in [0.29, 0.717) is 5.92 Å². The van der Waals surface area contributed by atoms with Gasteiger partial charge in [-0.15, -0.1) is 0 Å². The minimum absolute atomic E-state index is 0.632. The lowest BCUT2D eigenvalue weighted by molar-refractivity contribution is 0.614. The average molecular weight is 176 g/mol. The standard InChI is InChI=1S/C11H16N2/c1-8(5-10-3-4-10)11-6-12-9(2)13-7-11/h6-8,10H,3-5H2,1-2H3. The molecule has 1 aliphatic carbocycles. The van der Waals surface area contributed by atoms with E-state index in [1.54, 1.807) is 0 Å². The van der Waals surface area contributed by atoms with Crippen LogP contribution in [0.4, 0.5) is 0 Å². The van der Waals surface area contributed by atoms with E-state index in [1.165, 1.54) is 24.8 Å². The van der Waals surface area contributed by atoms with E-state index < -0.39 is 0 Å². The summed E-state index contributed by atoms with van der Waals surface area (Å²) in [6.45, 7) is 4.20. The van der Waals surface area contributed by atoms with Crippen LogP contribution in [0.25, 0.3) is 0 Å². The zero-order valence-electron chi connectivity index (χ0n) is 8.33. The highest BCUT2D eigenvalue weighted by Gasteiger charge is 2.24. The Morgan fingerprint density at radius 1 is 1.38 bits per heavy atom. The molecular weight excluding hydrogens is 160 g/mol. The van der Waals surface area contributed by atoms with E-state index in [9.17, 15) is 0 Å². The highest BCUT2D eigenvalue weighted by atomic mass is 14.8. The van der Waals surface area contributed by atoms with E-state index in [0.717, 1.165) is 11.7 Å². The lowest BCUT2D eigenvalue weighted by Crippen LogP contribution is -1.98. The predicted molar refractivity (Wildman–Crippen MR) is 52.5 cm³/mol. The monoisotopic (exact) mass is 176 g/mol. The fourth-order valence-corrected chi connectivity index (χ4v) is 1.65. The highest BCUT2D eigenvalue weighted by Crippen LogP contribution is 2.37. The molecule has 1 heterocycles. The average Bonchev–Trinajstić information content (AvgIpc) is 2.89. The zero-order valence-corrected chi connectivity index (χ0v) is 8.33. The van der Waals surface area contributed by atoms with Crippen LogP contribution >= 0.6 is 0 Å². The summed E-state index contributed by atoms with van der Waals surface area (Å²) in [5.74, 6) is 2.48. The lowest BCUT2D eigenvalue weighted by Gasteiger charge is -2.09. The van der Waals surface area contributed by atoms with Crippen molar-refractivity contribution in [2.24, 2.45) is 5.92 Å². The molecule has 0 aliphatic heterocycles. The maximum atomic E-state index is 4.22. The van der Waals surface area contributed by atoms with Crippen molar-refractivity contribution in [3.8, 4) is 0 Å². The summed E-state index contributed by atoms with van der Waals surface area (Å²) < 4.78 is 0. The maximum absolute atomic E-state index is 4.22. The van der Waals surface area contributed by atoms with Crippen LogP contribution in [0.1, 0.15) is 43.5 Å². The van der Waals surface area contributed by atoms with E-state index >= 15 is 0 Å². The fourth-order valence-electron chi connectivity index (χ4n) is 1.65. The third-order valence-corrected chi connectivity index (χ3v) is 2.75. The van der Waals surface area contributed by atoms with Gasteiger partial charge in [-0.05, 0) is 30.7 Å². The molecule has 1 atom stereocenters. The minimum atomic E-state index is 0.632. The molecular formula is C11H16N2. The van der Waals surface area contributed by atoms with Gasteiger partial charge in [-0.3, -0.25) is 0 Å². The van der Waals surface area contributed by atoms with Crippen LogP contribution in [-0.4, -0.2) is 9.97 Å². The summed E-state index contributed by atoms with van der Waals surface area (Å²) in [7, 11) is 0. The topological polar surface area (TPSA) is 25.8 Å². The van der Waals surface area contributed by atoms with E-state index in [4.69, 9.17) is 0 Å². The minimum Gasteiger partial charge on any atom is -0.241 e. The quantitative estimate of drug-likeness (QED) is 0.707. The highest BCUT2D eigenvalue weighted by molar-refractivity contribution is 5.11. The number of aryl methyl sites for hydroxylation is 1. The van der Waals surface area contributed by atoms with Gasteiger partial charge in [0, 0.05) is 12.4 Å². The summed E-state index contributed by atoms with van der Waals surface area (Å²) in [6.07, 6.45) is 8.10. The van der Waals surface area contributed by atoms with Gasteiger partial charge in [0.1, 0.15) is 5.82 Å². The molecule has 1 aliphatic rings. The van der Waals surface area contributed by atoms with Crippen LogP contribution in [-0.2, 0) is 0 Å². The molecule has 0 radical (unpaired) electrons. The van der Waals surface area contributed by atoms with Gasteiger partial charge in [0.2, 0.25) is 0 Å². The van der Waals surface area contributed by atoms with Crippen LogP contribution in [0.2, 0.25) is 0 Å². The Morgan fingerprint density at radius 3 is 2.54 bits per heavy atom. The number of aromatic nitrogens is 2. The summed E-state index contributed by atoms with van der Waals surface area (Å²) in [5, 5.41) is 0. The van der Waals surface area contributed by atoms with Crippen molar-refractivity contribution in [2.75, 3.05) is 0 Å². The Morgan fingerprint density at radius 2 is 2.00 bits per heavy atom. The lowest BCUT2D eigenvalue weighted by atomic mass is 9.98. The number of nitrogens with zero attached hydrogens (tertiary/aromatic N) is 2. The first-order valence-corrected chi connectivity index (χ1v) is 5.04. The molecule has 1 aromatic heterocycles. The Kier molecular flexibility index (Phi) is 2.30. The predicted octanol–water partition coefficient (Wildman–Crippen LogP) is 2.69. The fraction of sp³-hybridized carbons (Fsp3) is 0.636. The van der Waals surface area contributed by atoms with E-state index in [1.807, 2.05) is 19.3 Å². The smallest absolute Gasteiger partial charge is 0.125 e. The molecule has 2 heteroatoms. The Bertz CT molecular complexity index is 275. The van der Waals surface area contributed by atoms with E-state index in [2.05, 4.69) is 16.9 Å². The number of hydrogen-bond acceptors (Lipinski definition) is 2. The van der Waals surface area contributed by atoms with Gasteiger partial charge in [-0.2, -0.15) is 0 Å². The van der Waals surface area contributed by atoms with Crippen LogP contribution < -0.4 is 0 Å². The molecule has 0 amide bonds. The van der Waals surface area contributed by atoms with Crippen molar-refractivity contribution in [3.05, 3.63) is 23.8 Å². The summed E-state index contributed by atoms with van der Waals surface area (Å²) in [5.41, 5.74) is 1.29. The van der Waals surface area contributed by atoms with Gasteiger partial charge in [0.05, 0.1) is 0 Å². The second-order valence-corrected chi connectivity index (χ2v) is 4.14. The van der Waals surface area contributed by atoms with Gasteiger partial charge < -0.3 is 0 Å². The third kappa shape index (κ3) is 2.27. The van der Waals surface area contributed by atoms with Crippen molar-refractivity contribution >= 4 is 0 Å². The molecule has 2 rings (SSSR count). The van der Waals surface area contributed by atoms with Gasteiger partial charge in [-0.1, -0.05) is 19.8 Å². The molecule has 1 unspecified atom stereocenters. The zero-order chi connectivity index (χ0) is 9.26. The third-order valence-electron chi connectivity index (χ3n) is 2.75. The normalized spacial score (nSPS) is 18.6. The molecule has 2 nitrogen and oxygen atoms in total. The summed E-state index contributed by atoms with van der Waals surface area (Å²) in [6, 6.07) is 0. The molecule has 0 spiro atoms. The van der Waals surface area contributed by atoms with Crippen LogP contribution in [0.15, 0.2) is 12.4 Å². The number of hydrogen-bond donors (Lipinski definition) is 0. The molecule has 0 saturated heterocycles. The molecule has 0 bridgehead atoms. The maximum Gasteiger partial charge on any atom is 0.125 e. The largest absolute Gasteiger partial charge is 0.241 e. The first-order valence-electron chi connectivity index (χ1n) is 5.04. The summed E-state index contributed by atoms with van der Waals surface area (Å²) >= 11 is 0. The SMILES string of the molecule is Cc1ncc(C(C)CC2CC2)cn1. The van der Waals surface area contributed by atoms with Crippen molar-refractivity contribution in [1.82, 2.24) is 9.97 Å². The first-order chi connectivity index (χ1) is 6.25. The molecule has 1 fully saturated rings. The molecule has 1 aromatic rings. The molecule has 0 aromatic carbocycles. The Balaban J connectivity index is 2.01. The van der Waals surface area contributed by atoms with Crippen molar-refractivity contribution in [2.45, 2.75) is 39.0 Å². The van der Waals surface area contributed by atoms with Gasteiger partial charge in [0.15, 0.2) is 0 Å². The van der Waals surface area contributed by atoms with Crippen molar-refractivity contribution in [3.63, 3.8) is 0 Å². The molecule has 0 N–H and O–H groups in total. The van der Waals surface area contributed by atoms with E-state index in [-0.39, 0.29) is 0 Å². The van der Waals surface area contributed by atoms with Crippen LogP contribution in [0.5, 0.6) is 0 Å². The van der Waals surface area contributed by atoms with Gasteiger partial charge >= 0.3 is 0 Å². The van der Waals surface area contributed by atoms with Gasteiger partial charge in [-0.25, -0.2) is 9.97 Å². The number of rotatable bonds is 3. The second kappa shape index (κ2) is 3.44. The van der Waals surface area contributed by atoms with Crippen LogP contribution in [0, 0.1) is 12.8 Å². The molecule has 70 valence electrons. The van der Waals surface area contributed by atoms with Crippen molar-refractivity contribution in [1.29, 1.82) is 0 Å². The summed E-state index contributed by atoms with van der Waals surface area (Å²) in [4.78, 5) is 8.43.